The van der Waals surface area contributed by atoms with Crippen LogP contribution in [0.1, 0.15) is 91.4 Å². The van der Waals surface area contributed by atoms with Crippen molar-refractivity contribution < 1.29 is 14.3 Å². The molecule has 28 heavy (non-hydrogen) atoms. The van der Waals surface area contributed by atoms with Gasteiger partial charge in [0.2, 0.25) is 0 Å². The number of fused-ring (bicyclic) bond motifs is 5. The van der Waals surface area contributed by atoms with E-state index in [9.17, 15) is 9.59 Å². The van der Waals surface area contributed by atoms with Crippen LogP contribution in [0, 0.1) is 46.3 Å². The fourth-order valence-electron chi connectivity index (χ4n) is 8.59. The lowest BCUT2D eigenvalue weighted by molar-refractivity contribution is -0.157. The van der Waals surface area contributed by atoms with Gasteiger partial charge in [0.05, 0.1) is 7.11 Å². The normalized spacial score (nSPS) is 46.3. The highest BCUT2D eigenvalue weighted by molar-refractivity contribution is 5.87. The van der Waals surface area contributed by atoms with Crippen molar-refractivity contribution in [1.82, 2.24) is 0 Å². The second-order valence-corrected chi connectivity index (χ2v) is 11.1. The minimum Gasteiger partial charge on any atom is -0.469 e. The quantitative estimate of drug-likeness (QED) is 0.571. The Kier molecular flexibility index (Phi) is 5.42. The molecule has 0 saturated heterocycles. The third-order valence-electron chi connectivity index (χ3n) is 10.2. The predicted molar refractivity (Wildman–Crippen MR) is 111 cm³/mol. The third-order valence-corrected chi connectivity index (χ3v) is 10.2. The summed E-state index contributed by atoms with van der Waals surface area (Å²) in [6, 6.07) is 0. The van der Waals surface area contributed by atoms with Crippen LogP contribution in [0.2, 0.25) is 0 Å². The summed E-state index contributed by atoms with van der Waals surface area (Å²) in [5.41, 5.74) is 0.251. The average molecular weight is 389 g/mol. The Bertz CT molecular complexity index is 627. The minimum atomic E-state index is -0.158. The fourth-order valence-corrected chi connectivity index (χ4v) is 8.59. The van der Waals surface area contributed by atoms with Gasteiger partial charge in [-0.2, -0.15) is 0 Å². The van der Waals surface area contributed by atoms with Gasteiger partial charge >= 0.3 is 5.97 Å². The Morgan fingerprint density at radius 1 is 1.11 bits per heavy atom. The molecule has 4 rings (SSSR count). The van der Waals surface area contributed by atoms with Crippen molar-refractivity contribution in [3.05, 3.63) is 0 Å². The number of carbonyl (C=O) groups is 2. The van der Waals surface area contributed by atoms with Gasteiger partial charge in [-0.3, -0.25) is 9.59 Å². The van der Waals surface area contributed by atoms with E-state index in [1.54, 1.807) is 0 Å². The molecule has 4 fully saturated rings. The first-order chi connectivity index (χ1) is 13.3. The van der Waals surface area contributed by atoms with Crippen LogP contribution in [0.25, 0.3) is 0 Å². The maximum Gasteiger partial charge on any atom is 0.305 e. The van der Waals surface area contributed by atoms with Gasteiger partial charge in [-0.1, -0.05) is 33.6 Å². The maximum atomic E-state index is 13.7. The maximum absolute atomic E-state index is 13.7. The van der Waals surface area contributed by atoms with Crippen LogP contribution >= 0.6 is 0 Å². The Morgan fingerprint density at radius 2 is 1.89 bits per heavy atom. The summed E-state index contributed by atoms with van der Waals surface area (Å²) >= 11 is 0. The lowest BCUT2D eigenvalue weighted by atomic mass is 9.44. The average Bonchev–Trinajstić information content (AvgIpc) is 3.05. The molecule has 0 heterocycles. The Labute approximate surface area is 171 Å². The Morgan fingerprint density at radius 3 is 2.64 bits per heavy atom. The molecule has 0 radical (unpaired) electrons. The van der Waals surface area contributed by atoms with Gasteiger partial charge in [-0.05, 0) is 85.9 Å². The molecule has 4 aliphatic carbocycles. The first-order valence-electron chi connectivity index (χ1n) is 11.9. The molecule has 0 aromatic rings. The summed E-state index contributed by atoms with van der Waals surface area (Å²) in [4.78, 5) is 25.3. The van der Waals surface area contributed by atoms with E-state index in [4.69, 9.17) is 4.74 Å². The number of hydrogen-bond donors (Lipinski definition) is 0. The van der Waals surface area contributed by atoms with Crippen LogP contribution in [-0.4, -0.2) is 18.9 Å². The molecule has 0 aromatic carbocycles. The fraction of sp³-hybridized carbons (Fsp3) is 0.920. The number of esters is 1. The lowest BCUT2D eigenvalue weighted by Gasteiger charge is -2.60. The molecule has 0 bridgehead atoms. The highest BCUT2D eigenvalue weighted by Crippen LogP contribution is 2.67. The summed E-state index contributed by atoms with van der Waals surface area (Å²) in [6.07, 6.45) is 12.8. The lowest BCUT2D eigenvalue weighted by Crippen LogP contribution is -2.56. The number of Topliss-reactive ketones (excluding diaryl/α,β-unsaturated/α-hetero) is 1. The van der Waals surface area contributed by atoms with Gasteiger partial charge in [-0.25, -0.2) is 0 Å². The van der Waals surface area contributed by atoms with Crippen LogP contribution in [0.4, 0.5) is 0 Å². The molecule has 158 valence electrons. The van der Waals surface area contributed by atoms with E-state index in [0.717, 1.165) is 24.7 Å². The van der Waals surface area contributed by atoms with Crippen molar-refractivity contribution in [1.29, 1.82) is 0 Å². The van der Waals surface area contributed by atoms with E-state index in [1.807, 2.05) is 0 Å². The summed E-state index contributed by atoms with van der Waals surface area (Å²) < 4.78 is 4.84. The zero-order valence-corrected chi connectivity index (χ0v) is 18.5. The van der Waals surface area contributed by atoms with Gasteiger partial charge in [0.25, 0.3) is 0 Å². The second-order valence-electron chi connectivity index (χ2n) is 11.1. The first kappa shape index (κ1) is 20.4. The molecule has 0 aliphatic heterocycles. The van der Waals surface area contributed by atoms with E-state index in [2.05, 4.69) is 20.8 Å². The van der Waals surface area contributed by atoms with E-state index in [-0.39, 0.29) is 11.4 Å². The van der Waals surface area contributed by atoms with Gasteiger partial charge in [0, 0.05) is 18.3 Å². The van der Waals surface area contributed by atoms with Gasteiger partial charge in [-0.15, -0.1) is 0 Å². The second kappa shape index (κ2) is 7.43. The monoisotopic (exact) mass is 388 g/mol. The Hall–Kier alpha value is -0.860. The molecule has 0 aromatic heterocycles. The number of methoxy groups -OCH3 is 1. The molecule has 0 N–H and O–H groups in total. The SMILES string of the molecule is COC(=O)CC[C@H](C)[C@@H]1CC[C@@H]2[C@H]3CC[C@H]4CCCC[C@]4(C)[C@@H]3CC(=O)[C@]21C. The molecule has 0 spiro atoms. The number of hydrogen-bond acceptors (Lipinski definition) is 3. The van der Waals surface area contributed by atoms with Crippen LogP contribution in [0.15, 0.2) is 0 Å². The predicted octanol–water partition coefficient (Wildman–Crippen LogP) is 5.80. The molecule has 3 nitrogen and oxygen atoms in total. The number of carbonyl (C=O) groups excluding carboxylic acids is 2. The molecule has 8 atom stereocenters. The summed E-state index contributed by atoms with van der Waals surface area (Å²) in [6.45, 7) is 7.10. The number of rotatable bonds is 4. The molecule has 4 aliphatic rings. The number of ether oxygens (including phenoxy) is 1. The topological polar surface area (TPSA) is 43.4 Å². The highest BCUT2D eigenvalue weighted by Gasteiger charge is 2.63. The molecular weight excluding hydrogens is 348 g/mol. The van der Waals surface area contributed by atoms with E-state index in [0.29, 0.717) is 41.3 Å². The van der Waals surface area contributed by atoms with Gasteiger partial charge < -0.3 is 4.74 Å². The van der Waals surface area contributed by atoms with Crippen molar-refractivity contribution in [2.24, 2.45) is 46.3 Å². The van der Waals surface area contributed by atoms with E-state index >= 15 is 0 Å². The summed E-state index contributed by atoms with van der Waals surface area (Å²) in [7, 11) is 1.47. The van der Waals surface area contributed by atoms with Crippen molar-refractivity contribution in [3.63, 3.8) is 0 Å². The zero-order chi connectivity index (χ0) is 20.1. The molecule has 3 heteroatoms. The first-order valence-corrected chi connectivity index (χ1v) is 11.9. The molecule has 0 unspecified atom stereocenters. The van der Waals surface area contributed by atoms with Crippen molar-refractivity contribution in [3.8, 4) is 0 Å². The summed E-state index contributed by atoms with van der Waals surface area (Å²) in [5.74, 6) is 4.09. The zero-order valence-electron chi connectivity index (χ0n) is 18.5. The van der Waals surface area contributed by atoms with Crippen molar-refractivity contribution in [2.45, 2.75) is 91.4 Å². The van der Waals surface area contributed by atoms with E-state index < -0.39 is 0 Å². The van der Waals surface area contributed by atoms with E-state index in [1.165, 1.54) is 58.5 Å². The number of ketones is 1. The van der Waals surface area contributed by atoms with Crippen LogP contribution in [0.5, 0.6) is 0 Å². The third kappa shape index (κ3) is 2.98. The van der Waals surface area contributed by atoms with Crippen molar-refractivity contribution >= 4 is 11.8 Å². The van der Waals surface area contributed by atoms with Gasteiger partial charge in [0.15, 0.2) is 0 Å². The van der Waals surface area contributed by atoms with Crippen molar-refractivity contribution in [2.75, 3.05) is 7.11 Å². The Balaban J connectivity index is 1.55. The van der Waals surface area contributed by atoms with Crippen LogP contribution in [0.3, 0.4) is 0 Å². The largest absolute Gasteiger partial charge is 0.469 e. The minimum absolute atomic E-state index is 0.120. The summed E-state index contributed by atoms with van der Waals surface area (Å²) in [5, 5.41) is 0. The molecule has 4 saturated carbocycles. The standard InChI is InChI=1S/C25H40O3/c1-16(8-13-23(27)28-4)19-11-12-20-18-10-9-17-7-5-6-14-24(17,2)21(18)15-22(26)25(19,20)3/h16-21H,5-15H2,1-4H3/t16-,17+,18+,19-,20+,21+,24-,25-/m0/s1. The van der Waals surface area contributed by atoms with Crippen LogP contribution in [-0.2, 0) is 14.3 Å². The van der Waals surface area contributed by atoms with Crippen LogP contribution < -0.4 is 0 Å². The molecular formula is C25H40O3. The highest BCUT2D eigenvalue weighted by atomic mass is 16.5. The van der Waals surface area contributed by atoms with Gasteiger partial charge in [0.1, 0.15) is 5.78 Å². The molecule has 0 amide bonds. The smallest absolute Gasteiger partial charge is 0.305 e.